The normalized spacial score (nSPS) is 24.5. The molecule has 0 saturated heterocycles. The van der Waals surface area contributed by atoms with Crippen LogP contribution >= 0.6 is 0 Å². The first-order chi connectivity index (χ1) is 7.80. The molecular weight excluding hydrogens is 212 g/mol. The van der Waals surface area contributed by atoms with Crippen molar-refractivity contribution in [1.82, 2.24) is 0 Å². The first-order valence-electron chi connectivity index (χ1n) is 6.53. The molecule has 1 aliphatic rings. The van der Waals surface area contributed by atoms with Gasteiger partial charge >= 0.3 is 0 Å². The molecule has 0 spiro atoms. The SMILES string of the molecule is CC1=CCC(/C(C)=C\CC(O)C(C)(C)O)CC1. The van der Waals surface area contributed by atoms with E-state index in [9.17, 15) is 10.2 Å². The van der Waals surface area contributed by atoms with Gasteiger partial charge in [-0.15, -0.1) is 0 Å². The van der Waals surface area contributed by atoms with Crippen molar-refractivity contribution in [3.05, 3.63) is 23.3 Å². The number of hydrogen-bond donors (Lipinski definition) is 2. The standard InChI is InChI=1S/C15H26O2/c1-11-5-8-13(9-6-11)12(2)7-10-14(16)15(3,4)17/h5,7,13-14,16-17H,6,8-10H2,1-4H3/b12-7-. The molecule has 0 heterocycles. The van der Waals surface area contributed by atoms with Gasteiger partial charge in [-0.2, -0.15) is 0 Å². The summed E-state index contributed by atoms with van der Waals surface area (Å²) in [4.78, 5) is 0. The third-order valence-corrected chi connectivity index (χ3v) is 3.76. The Morgan fingerprint density at radius 3 is 2.71 bits per heavy atom. The van der Waals surface area contributed by atoms with Crippen LogP contribution in [0.4, 0.5) is 0 Å². The molecule has 1 aliphatic carbocycles. The average Bonchev–Trinajstić information content (AvgIpc) is 2.25. The van der Waals surface area contributed by atoms with E-state index in [1.165, 1.54) is 24.0 Å². The van der Waals surface area contributed by atoms with Gasteiger partial charge in [-0.25, -0.2) is 0 Å². The molecule has 2 heteroatoms. The smallest absolute Gasteiger partial charge is 0.0856 e. The van der Waals surface area contributed by atoms with Gasteiger partial charge in [0.05, 0.1) is 11.7 Å². The second-order valence-electron chi connectivity index (χ2n) is 5.88. The Bertz CT molecular complexity index is 307. The van der Waals surface area contributed by atoms with E-state index in [-0.39, 0.29) is 0 Å². The third kappa shape index (κ3) is 4.64. The molecule has 0 saturated carbocycles. The van der Waals surface area contributed by atoms with Crippen LogP contribution in [0.1, 0.15) is 53.4 Å². The van der Waals surface area contributed by atoms with Crippen molar-refractivity contribution in [1.29, 1.82) is 0 Å². The van der Waals surface area contributed by atoms with Crippen LogP contribution in [-0.2, 0) is 0 Å². The fourth-order valence-corrected chi connectivity index (χ4v) is 2.13. The highest BCUT2D eigenvalue weighted by Gasteiger charge is 2.23. The molecule has 0 aromatic rings. The minimum atomic E-state index is -1.01. The monoisotopic (exact) mass is 238 g/mol. The number of aliphatic hydroxyl groups is 2. The summed E-state index contributed by atoms with van der Waals surface area (Å²) in [6.07, 6.45) is 7.77. The highest BCUT2D eigenvalue weighted by Crippen LogP contribution is 2.29. The Balaban J connectivity index is 2.50. The molecule has 2 unspecified atom stereocenters. The van der Waals surface area contributed by atoms with E-state index >= 15 is 0 Å². The summed E-state index contributed by atoms with van der Waals surface area (Å²) in [6, 6.07) is 0. The summed E-state index contributed by atoms with van der Waals surface area (Å²) >= 11 is 0. The Hall–Kier alpha value is -0.600. The van der Waals surface area contributed by atoms with E-state index in [4.69, 9.17) is 0 Å². The molecule has 0 aromatic heterocycles. The minimum absolute atomic E-state index is 0.536. The van der Waals surface area contributed by atoms with Crippen LogP contribution in [0.5, 0.6) is 0 Å². The lowest BCUT2D eigenvalue weighted by molar-refractivity contribution is -0.0457. The highest BCUT2D eigenvalue weighted by atomic mass is 16.3. The predicted molar refractivity (Wildman–Crippen MR) is 71.8 cm³/mol. The molecule has 0 aliphatic heterocycles. The Morgan fingerprint density at radius 2 is 2.24 bits per heavy atom. The first-order valence-corrected chi connectivity index (χ1v) is 6.53. The second-order valence-corrected chi connectivity index (χ2v) is 5.88. The van der Waals surface area contributed by atoms with Gasteiger partial charge in [0.15, 0.2) is 0 Å². The van der Waals surface area contributed by atoms with Gasteiger partial charge in [-0.1, -0.05) is 23.3 Å². The topological polar surface area (TPSA) is 40.5 Å². The molecule has 2 nitrogen and oxygen atoms in total. The van der Waals surface area contributed by atoms with Gasteiger partial charge in [-0.05, 0) is 59.3 Å². The maximum Gasteiger partial charge on any atom is 0.0856 e. The molecule has 2 atom stereocenters. The zero-order valence-corrected chi connectivity index (χ0v) is 11.5. The molecule has 0 fully saturated rings. The first kappa shape index (κ1) is 14.5. The van der Waals surface area contributed by atoms with Crippen LogP contribution in [0.25, 0.3) is 0 Å². The van der Waals surface area contributed by atoms with Gasteiger partial charge in [0.2, 0.25) is 0 Å². The van der Waals surface area contributed by atoms with Crippen molar-refractivity contribution < 1.29 is 10.2 Å². The third-order valence-electron chi connectivity index (χ3n) is 3.76. The summed E-state index contributed by atoms with van der Waals surface area (Å²) in [5.41, 5.74) is 1.82. The maximum atomic E-state index is 9.77. The zero-order valence-electron chi connectivity index (χ0n) is 11.5. The van der Waals surface area contributed by atoms with Gasteiger partial charge in [0, 0.05) is 0 Å². The van der Waals surface area contributed by atoms with E-state index in [1.54, 1.807) is 13.8 Å². The van der Waals surface area contributed by atoms with Crippen LogP contribution in [0.2, 0.25) is 0 Å². The Morgan fingerprint density at radius 1 is 1.59 bits per heavy atom. The molecule has 1 rings (SSSR count). The molecule has 98 valence electrons. The lowest BCUT2D eigenvalue weighted by Gasteiger charge is -2.25. The number of allylic oxidation sites excluding steroid dienone is 3. The van der Waals surface area contributed by atoms with E-state index < -0.39 is 11.7 Å². The van der Waals surface area contributed by atoms with Gasteiger partial charge < -0.3 is 10.2 Å². The van der Waals surface area contributed by atoms with Gasteiger partial charge in [-0.3, -0.25) is 0 Å². The average molecular weight is 238 g/mol. The van der Waals surface area contributed by atoms with Crippen LogP contribution in [0.15, 0.2) is 23.3 Å². The van der Waals surface area contributed by atoms with Crippen LogP contribution in [0, 0.1) is 5.92 Å². The molecule has 0 radical (unpaired) electrons. The van der Waals surface area contributed by atoms with E-state index in [0.717, 1.165) is 6.42 Å². The fourth-order valence-electron chi connectivity index (χ4n) is 2.13. The van der Waals surface area contributed by atoms with Crippen LogP contribution in [-0.4, -0.2) is 21.9 Å². The van der Waals surface area contributed by atoms with Crippen molar-refractivity contribution in [2.45, 2.75) is 65.1 Å². The molecule has 17 heavy (non-hydrogen) atoms. The lowest BCUT2D eigenvalue weighted by Crippen LogP contribution is -2.35. The maximum absolute atomic E-state index is 9.77. The molecule has 2 N–H and O–H groups in total. The molecule has 0 bridgehead atoms. The highest BCUT2D eigenvalue weighted by molar-refractivity contribution is 5.13. The molecular formula is C15H26O2. The minimum Gasteiger partial charge on any atom is -0.390 e. The van der Waals surface area contributed by atoms with Crippen molar-refractivity contribution in [3.63, 3.8) is 0 Å². The van der Waals surface area contributed by atoms with E-state index in [2.05, 4.69) is 26.0 Å². The van der Waals surface area contributed by atoms with Crippen LogP contribution < -0.4 is 0 Å². The summed E-state index contributed by atoms with van der Waals surface area (Å²) < 4.78 is 0. The largest absolute Gasteiger partial charge is 0.390 e. The zero-order chi connectivity index (χ0) is 13.1. The Labute approximate surface area is 105 Å². The summed E-state index contributed by atoms with van der Waals surface area (Å²) in [5, 5.41) is 19.4. The van der Waals surface area contributed by atoms with Crippen molar-refractivity contribution in [2.24, 2.45) is 5.92 Å². The number of hydrogen-bond acceptors (Lipinski definition) is 2. The number of aliphatic hydroxyl groups excluding tert-OH is 1. The summed E-state index contributed by atoms with van der Waals surface area (Å²) in [5.74, 6) is 0.618. The quantitative estimate of drug-likeness (QED) is 0.738. The van der Waals surface area contributed by atoms with Crippen molar-refractivity contribution in [2.75, 3.05) is 0 Å². The molecule has 0 aromatic carbocycles. The molecule has 0 amide bonds. The number of rotatable bonds is 4. The van der Waals surface area contributed by atoms with Gasteiger partial charge in [0.25, 0.3) is 0 Å². The second kappa shape index (κ2) is 5.83. The van der Waals surface area contributed by atoms with Crippen molar-refractivity contribution >= 4 is 0 Å². The van der Waals surface area contributed by atoms with Gasteiger partial charge in [0.1, 0.15) is 0 Å². The predicted octanol–water partition coefficient (Wildman–Crippen LogP) is 3.20. The Kier molecular flexibility index (Phi) is 4.96. The fraction of sp³-hybridized carbons (Fsp3) is 0.733. The summed E-state index contributed by atoms with van der Waals surface area (Å²) in [6.45, 7) is 7.62. The lowest BCUT2D eigenvalue weighted by atomic mass is 9.84. The van der Waals surface area contributed by atoms with Crippen molar-refractivity contribution in [3.8, 4) is 0 Å². The van der Waals surface area contributed by atoms with Crippen LogP contribution in [0.3, 0.4) is 0 Å². The van der Waals surface area contributed by atoms with E-state index in [1.807, 2.05) is 0 Å². The van der Waals surface area contributed by atoms with E-state index in [0.29, 0.717) is 12.3 Å². The summed E-state index contributed by atoms with van der Waals surface area (Å²) in [7, 11) is 0.